The van der Waals surface area contributed by atoms with Gasteiger partial charge in [-0.15, -0.1) is 35.5 Å². The molecule has 0 aliphatic rings. The van der Waals surface area contributed by atoms with E-state index in [1.165, 1.54) is 20.5 Å². The number of hydrogen-bond acceptors (Lipinski definition) is 3. The number of benzene rings is 2. The molecule has 2 aromatic carbocycles. The highest BCUT2D eigenvalue weighted by Crippen LogP contribution is 2.41. The lowest BCUT2D eigenvalue weighted by Crippen LogP contribution is -2.10. The van der Waals surface area contributed by atoms with Gasteiger partial charge in [0.05, 0.1) is 0 Å². The number of rotatable bonds is 6. The van der Waals surface area contributed by atoms with Crippen LogP contribution in [-0.2, 0) is 0 Å². The molecule has 0 spiro atoms. The Kier molecular flexibility index (Phi) is 6.77. The van der Waals surface area contributed by atoms with Crippen LogP contribution in [0.2, 0.25) is 0 Å². The van der Waals surface area contributed by atoms with Gasteiger partial charge in [0, 0.05) is 20.2 Å². The second kappa shape index (κ2) is 8.59. The molecule has 0 amide bonds. The zero-order chi connectivity index (χ0) is 14.5. The van der Waals surface area contributed by atoms with Crippen molar-refractivity contribution in [1.82, 2.24) is 5.32 Å². The Morgan fingerprint density at radius 1 is 1.05 bits per heavy atom. The van der Waals surface area contributed by atoms with Crippen LogP contribution in [0.3, 0.4) is 0 Å². The number of fused-ring (bicyclic) bond motifs is 1. The average Bonchev–Trinajstić information content (AvgIpc) is 3.01. The summed E-state index contributed by atoms with van der Waals surface area (Å²) in [6.07, 6.45) is 1.13. The van der Waals surface area contributed by atoms with Crippen LogP contribution < -0.4 is 5.32 Å². The van der Waals surface area contributed by atoms with E-state index in [1.54, 1.807) is 0 Å². The number of thiophene rings is 1. The third-order valence-electron chi connectivity index (χ3n) is 3.55. The number of hydrogen-bond donors (Lipinski definition) is 1. The topological polar surface area (TPSA) is 12.0 Å². The molecule has 1 nitrogen and oxygen atoms in total. The Bertz CT molecular complexity index is 696. The maximum absolute atomic E-state index is 3.27. The highest BCUT2D eigenvalue weighted by atomic mass is 35.5. The molecule has 4 heteroatoms. The zero-order valence-corrected chi connectivity index (χ0v) is 14.9. The highest BCUT2D eigenvalue weighted by Gasteiger charge is 2.14. The quantitative estimate of drug-likeness (QED) is 0.567. The van der Waals surface area contributed by atoms with Gasteiger partial charge in [-0.25, -0.2) is 0 Å². The van der Waals surface area contributed by atoms with Gasteiger partial charge in [-0.2, -0.15) is 0 Å². The second-order valence-corrected chi connectivity index (χ2v) is 7.19. The first-order valence-corrected chi connectivity index (χ1v) is 8.97. The highest BCUT2D eigenvalue weighted by molar-refractivity contribution is 7.99. The zero-order valence-electron chi connectivity index (χ0n) is 12.5. The van der Waals surface area contributed by atoms with Gasteiger partial charge in [-0.1, -0.05) is 36.4 Å². The van der Waals surface area contributed by atoms with Crippen molar-refractivity contribution >= 4 is 45.6 Å². The molecule has 1 heterocycles. The van der Waals surface area contributed by atoms with E-state index in [2.05, 4.69) is 65.3 Å². The summed E-state index contributed by atoms with van der Waals surface area (Å²) in [5, 5.41) is 7.33. The predicted molar refractivity (Wildman–Crippen MR) is 103 cm³/mol. The summed E-state index contributed by atoms with van der Waals surface area (Å²) in [5.74, 6) is 0. The maximum Gasteiger partial charge on any atom is 0.0356 e. The minimum atomic E-state index is 0. The van der Waals surface area contributed by atoms with E-state index >= 15 is 0 Å². The fraction of sp³-hybridized carbons (Fsp3) is 0.222. The number of thioether (sulfide) groups is 1. The molecule has 116 valence electrons. The Balaban J connectivity index is 0.00000176. The fourth-order valence-corrected chi connectivity index (χ4v) is 4.63. The lowest BCUT2D eigenvalue weighted by Gasteiger charge is -2.17. The lowest BCUT2D eigenvalue weighted by molar-refractivity contribution is 0.715. The van der Waals surface area contributed by atoms with Crippen molar-refractivity contribution in [3.05, 3.63) is 65.5 Å². The summed E-state index contributed by atoms with van der Waals surface area (Å²) in [5.41, 5.74) is 1.41. The van der Waals surface area contributed by atoms with E-state index in [9.17, 15) is 0 Å². The summed E-state index contributed by atoms with van der Waals surface area (Å²) in [6.45, 7) is 1.03. The van der Waals surface area contributed by atoms with E-state index in [0.29, 0.717) is 5.25 Å². The van der Waals surface area contributed by atoms with Gasteiger partial charge in [0.15, 0.2) is 0 Å². The van der Waals surface area contributed by atoms with Crippen molar-refractivity contribution in [3.63, 3.8) is 0 Å². The third-order valence-corrected chi connectivity index (χ3v) is 5.84. The molecule has 0 saturated heterocycles. The standard InChI is InChI=1S/C18H19NS2.ClH/c1-19-12-10-16(14-6-3-2-4-7-14)21-18-9-5-8-17-15(18)11-13-20-17;/h2-9,11,13,16,19H,10,12H2,1H3;1H. The van der Waals surface area contributed by atoms with Crippen molar-refractivity contribution < 1.29 is 0 Å². The summed E-state index contributed by atoms with van der Waals surface area (Å²) >= 11 is 3.80. The van der Waals surface area contributed by atoms with Crippen LogP contribution in [0, 0.1) is 0 Å². The normalized spacial score (nSPS) is 12.0. The molecular formula is C18H20ClNS2. The van der Waals surface area contributed by atoms with Gasteiger partial charge in [0.2, 0.25) is 0 Å². The molecule has 0 aliphatic carbocycles. The van der Waals surface area contributed by atoms with Crippen LogP contribution in [-0.4, -0.2) is 13.6 Å². The summed E-state index contributed by atoms with van der Waals surface area (Å²) in [4.78, 5) is 1.39. The lowest BCUT2D eigenvalue weighted by atomic mass is 10.1. The van der Waals surface area contributed by atoms with E-state index in [1.807, 2.05) is 30.1 Å². The van der Waals surface area contributed by atoms with E-state index in [0.717, 1.165) is 13.0 Å². The van der Waals surface area contributed by atoms with Crippen LogP contribution in [0.15, 0.2) is 64.9 Å². The minimum absolute atomic E-state index is 0. The van der Waals surface area contributed by atoms with Crippen LogP contribution in [0.25, 0.3) is 10.1 Å². The molecule has 0 bridgehead atoms. The minimum Gasteiger partial charge on any atom is -0.320 e. The monoisotopic (exact) mass is 349 g/mol. The van der Waals surface area contributed by atoms with Crippen LogP contribution in [0.5, 0.6) is 0 Å². The maximum atomic E-state index is 3.27. The Morgan fingerprint density at radius 3 is 2.64 bits per heavy atom. The van der Waals surface area contributed by atoms with Crippen LogP contribution >= 0.6 is 35.5 Å². The van der Waals surface area contributed by atoms with Crippen molar-refractivity contribution in [2.24, 2.45) is 0 Å². The molecule has 0 saturated carbocycles. The predicted octanol–water partition coefficient (Wildman–Crippen LogP) is 5.77. The van der Waals surface area contributed by atoms with Gasteiger partial charge < -0.3 is 5.32 Å². The third kappa shape index (κ3) is 4.05. The van der Waals surface area contributed by atoms with Crippen molar-refractivity contribution in [3.8, 4) is 0 Å². The van der Waals surface area contributed by atoms with Crippen molar-refractivity contribution in [2.75, 3.05) is 13.6 Å². The molecule has 22 heavy (non-hydrogen) atoms. The molecule has 0 fully saturated rings. The summed E-state index contributed by atoms with van der Waals surface area (Å²) < 4.78 is 1.38. The number of nitrogens with one attached hydrogen (secondary N) is 1. The van der Waals surface area contributed by atoms with Gasteiger partial charge in [0.1, 0.15) is 0 Å². The van der Waals surface area contributed by atoms with Crippen molar-refractivity contribution in [2.45, 2.75) is 16.6 Å². The largest absolute Gasteiger partial charge is 0.320 e. The van der Waals surface area contributed by atoms with Gasteiger partial charge >= 0.3 is 0 Å². The molecule has 1 aromatic heterocycles. The molecule has 1 unspecified atom stereocenters. The molecule has 1 atom stereocenters. The Morgan fingerprint density at radius 2 is 1.86 bits per heavy atom. The molecular weight excluding hydrogens is 330 g/mol. The molecule has 0 aliphatic heterocycles. The summed E-state index contributed by atoms with van der Waals surface area (Å²) in [6, 6.07) is 19.7. The Hall–Kier alpha value is -1.00. The fourth-order valence-electron chi connectivity index (χ4n) is 2.46. The van der Waals surface area contributed by atoms with E-state index in [4.69, 9.17) is 0 Å². The van der Waals surface area contributed by atoms with Gasteiger partial charge in [-0.05, 0) is 49.2 Å². The first-order chi connectivity index (χ1) is 10.4. The van der Waals surface area contributed by atoms with E-state index in [-0.39, 0.29) is 12.4 Å². The molecule has 3 aromatic rings. The molecule has 1 N–H and O–H groups in total. The van der Waals surface area contributed by atoms with Crippen LogP contribution in [0.4, 0.5) is 0 Å². The first kappa shape index (κ1) is 17.4. The summed E-state index contributed by atoms with van der Waals surface area (Å²) in [7, 11) is 2.02. The second-order valence-electron chi connectivity index (χ2n) is 5.00. The average molecular weight is 350 g/mol. The van der Waals surface area contributed by atoms with Crippen LogP contribution in [0.1, 0.15) is 17.2 Å². The number of halogens is 1. The molecule has 0 radical (unpaired) electrons. The SMILES string of the molecule is CNCCC(Sc1cccc2sccc12)c1ccccc1.Cl. The smallest absolute Gasteiger partial charge is 0.0356 e. The Labute approximate surface area is 146 Å². The van der Waals surface area contributed by atoms with Gasteiger partial charge in [0.25, 0.3) is 0 Å². The molecule has 3 rings (SSSR count). The first-order valence-electron chi connectivity index (χ1n) is 7.21. The van der Waals surface area contributed by atoms with E-state index < -0.39 is 0 Å². The van der Waals surface area contributed by atoms with Crippen molar-refractivity contribution in [1.29, 1.82) is 0 Å². The van der Waals surface area contributed by atoms with Gasteiger partial charge in [-0.3, -0.25) is 0 Å².